The van der Waals surface area contributed by atoms with Crippen LogP contribution in [0.4, 0.5) is 0 Å². The lowest BCUT2D eigenvalue weighted by Gasteiger charge is -2.35. The number of fused-ring (bicyclic) bond motifs is 4. The van der Waals surface area contributed by atoms with Crippen molar-refractivity contribution in [3.63, 3.8) is 0 Å². The molecule has 2 amide bonds. The van der Waals surface area contributed by atoms with Gasteiger partial charge in [-0.3, -0.25) is 14.7 Å². The molecule has 0 radical (unpaired) electrons. The van der Waals surface area contributed by atoms with Gasteiger partial charge in [0.15, 0.2) is 0 Å². The number of aryl methyl sites for hydroxylation is 2. The molecular weight excluding hydrogens is 320 g/mol. The average Bonchev–Trinajstić information content (AvgIpc) is 2.79. The van der Waals surface area contributed by atoms with Crippen LogP contribution in [0.5, 0.6) is 0 Å². The number of hydrogen-bond acceptors (Lipinski definition) is 4. The number of rotatable bonds is 6. The van der Waals surface area contributed by atoms with Gasteiger partial charge in [-0.25, -0.2) is 0 Å². The molecule has 1 aromatic rings. The van der Waals surface area contributed by atoms with Crippen LogP contribution in [-0.4, -0.2) is 71.2 Å². The SMILES string of the molecule is COCCN1C(=O)[C@@H]2CC[C@H]1CN(C(=O)CCc1n[nH]c(C)c1C)C2. The van der Waals surface area contributed by atoms with E-state index in [0.29, 0.717) is 39.1 Å². The molecule has 2 atom stereocenters. The molecule has 138 valence electrons. The second kappa shape index (κ2) is 7.56. The zero-order chi connectivity index (χ0) is 18.0. The van der Waals surface area contributed by atoms with Crippen molar-refractivity contribution < 1.29 is 14.3 Å². The summed E-state index contributed by atoms with van der Waals surface area (Å²) in [5.41, 5.74) is 3.14. The number of aromatic nitrogens is 2. The Morgan fingerprint density at radius 1 is 1.32 bits per heavy atom. The lowest BCUT2D eigenvalue weighted by Crippen LogP contribution is -2.49. The molecule has 0 aromatic carbocycles. The predicted octanol–water partition coefficient (Wildman–Crippen LogP) is 1.05. The third-order valence-corrected chi connectivity index (χ3v) is 5.61. The number of carbonyl (C=O) groups excluding carboxylic acids is 2. The first-order valence-electron chi connectivity index (χ1n) is 9.09. The van der Waals surface area contributed by atoms with Crippen LogP contribution in [0.3, 0.4) is 0 Å². The van der Waals surface area contributed by atoms with Crippen molar-refractivity contribution in [3.8, 4) is 0 Å². The van der Waals surface area contributed by atoms with Crippen molar-refractivity contribution in [1.82, 2.24) is 20.0 Å². The van der Waals surface area contributed by atoms with E-state index in [1.54, 1.807) is 7.11 Å². The number of piperidine rings is 1. The summed E-state index contributed by atoms with van der Waals surface area (Å²) in [7, 11) is 1.65. The van der Waals surface area contributed by atoms with Gasteiger partial charge in [-0.2, -0.15) is 5.10 Å². The Bertz CT molecular complexity index is 642. The lowest BCUT2D eigenvalue weighted by molar-refractivity contribution is -0.140. The van der Waals surface area contributed by atoms with Crippen LogP contribution in [0.2, 0.25) is 0 Å². The van der Waals surface area contributed by atoms with Crippen LogP contribution >= 0.6 is 0 Å². The number of amides is 2. The summed E-state index contributed by atoms with van der Waals surface area (Å²) in [6.45, 7) is 6.36. The summed E-state index contributed by atoms with van der Waals surface area (Å²) in [6.07, 6.45) is 2.94. The van der Waals surface area contributed by atoms with Crippen molar-refractivity contribution in [2.24, 2.45) is 5.92 Å². The maximum Gasteiger partial charge on any atom is 0.227 e. The molecule has 0 saturated carbocycles. The molecular formula is C18H28N4O3. The second-order valence-corrected chi connectivity index (χ2v) is 7.17. The van der Waals surface area contributed by atoms with E-state index in [1.807, 2.05) is 23.6 Å². The van der Waals surface area contributed by atoms with Crippen molar-refractivity contribution in [1.29, 1.82) is 0 Å². The number of H-pyrrole nitrogens is 1. The fourth-order valence-electron chi connectivity index (χ4n) is 3.89. The number of nitrogens with zero attached hydrogens (tertiary/aromatic N) is 3. The second-order valence-electron chi connectivity index (χ2n) is 7.17. The number of carbonyl (C=O) groups is 2. The van der Waals surface area contributed by atoms with Crippen molar-refractivity contribution in [2.45, 2.75) is 45.6 Å². The molecule has 1 aromatic heterocycles. The van der Waals surface area contributed by atoms with Crippen molar-refractivity contribution in [2.75, 3.05) is 33.4 Å². The van der Waals surface area contributed by atoms with Gasteiger partial charge < -0.3 is 14.5 Å². The van der Waals surface area contributed by atoms with Gasteiger partial charge in [0, 0.05) is 51.3 Å². The van der Waals surface area contributed by atoms with E-state index in [9.17, 15) is 9.59 Å². The first-order valence-corrected chi connectivity index (χ1v) is 9.09. The standard InChI is InChI=1S/C18H28N4O3/c1-12-13(2)19-20-16(12)6-7-17(23)21-10-14-4-5-15(11-21)22(18(14)24)8-9-25-3/h14-15H,4-11H2,1-3H3,(H,19,20)/t14-,15+/m1/s1. The molecule has 3 saturated heterocycles. The Kier molecular flexibility index (Phi) is 5.42. The van der Waals surface area contributed by atoms with Gasteiger partial charge in [0.1, 0.15) is 0 Å². The Labute approximate surface area is 148 Å². The molecule has 7 nitrogen and oxygen atoms in total. The van der Waals surface area contributed by atoms with Crippen molar-refractivity contribution >= 4 is 11.8 Å². The minimum atomic E-state index is -0.0612. The molecule has 4 heterocycles. The molecule has 3 aliphatic rings. The van der Waals surface area contributed by atoms with Crippen LogP contribution in [0.25, 0.3) is 0 Å². The molecule has 4 rings (SSSR count). The monoisotopic (exact) mass is 348 g/mol. The number of nitrogens with one attached hydrogen (secondary N) is 1. The van der Waals surface area contributed by atoms with E-state index >= 15 is 0 Å². The minimum Gasteiger partial charge on any atom is -0.383 e. The highest BCUT2D eigenvalue weighted by Gasteiger charge is 2.41. The summed E-state index contributed by atoms with van der Waals surface area (Å²) >= 11 is 0. The number of hydrogen-bond donors (Lipinski definition) is 1. The Hall–Kier alpha value is -1.89. The van der Waals surface area contributed by atoms with E-state index in [0.717, 1.165) is 29.8 Å². The average molecular weight is 348 g/mol. The maximum absolute atomic E-state index is 12.7. The summed E-state index contributed by atoms with van der Waals surface area (Å²) in [5, 5.41) is 7.25. The third-order valence-electron chi connectivity index (χ3n) is 5.61. The number of methoxy groups -OCH3 is 1. The highest BCUT2D eigenvalue weighted by atomic mass is 16.5. The van der Waals surface area contributed by atoms with Crippen LogP contribution in [0, 0.1) is 19.8 Å². The molecule has 0 spiro atoms. The van der Waals surface area contributed by atoms with Gasteiger partial charge in [0.25, 0.3) is 0 Å². The minimum absolute atomic E-state index is 0.0612. The Morgan fingerprint density at radius 3 is 2.80 bits per heavy atom. The quantitative estimate of drug-likeness (QED) is 0.834. The summed E-state index contributed by atoms with van der Waals surface area (Å²) in [5.74, 6) is 0.245. The lowest BCUT2D eigenvalue weighted by atomic mass is 9.94. The predicted molar refractivity (Wildman–Crippen MR) is 93.1 cm³/mol. The van der Waals surface area contributed by atoms with E-state index < -0.39 is 0 Å². The van der Waals surface area contributed by atoms with Crippen LogP contribution < -0.4 is 0 Å². The largest absolute Gasteiger partial charge is 0.383 e. The summed E-state index contributed by atoms with van der Waals surface area (Å²) < 4.78 is 5.13. The fourth-order valence-corrected chi connectivity index (χ4v) is 3.89. The zero-order valence-corrected chi connectivity index (χ0v) is 15.4. The molecule has 3 aliphatic heterocycles. The first kappa shape index (κ1) is 17.9. The van der Waals surface area contributed by atoms with Crippen molar-refractivity contribution in [3.05, 3.63) is 17.0 Å². The summed E-state index contributed by atoms with van der Waals surface area (Å²) in [4.78, 5) is 29.2. The molecule has 1 N–H and O–H groups in total. The van der Waals surface area contributed by atoms with Gasteiger partial charge in [-0.1, -0.05) is 0 Å². The maximum atomic E-state index is 12.7. The molecule has 2 bridgehead atoms. The number of aromatic amines is 1. The highest BCUT2D eigenvalue weighted by molar-refractivity contribution is 5.83. The highest BCUT2D eigenvalue weighted by Crippen LogP contribution is 2.29. The Balaban J connectivity index is 1.62. The fraction of sp³-hybridized carbons (Fsp3) is 0.722. The van der Waals surface area contributed by atoms with Gasteiger partial charge in [0.2, 0.25) is 11.8 Å². The van der Waals surface area contributed by atoms with E-state index in [2.05, 4.69) is 10.2 Å². The van der Waals surface area contributed by atoms with Gasteiger partial charge in [-0.15, -0.1) is 0 Å². The molecule has 3 fully saturated rings. The topological polar surface area (TPSA) is 78.5 Å². The summed E-state index contributed by atoms with van der Waals surface area (Å²) in [6, 6.07) is 0.125. The van der Waals surface area contributed by atoms with E-state index in [4.69, 9.17) is 4.74 Å². The third kappa shape index (κ3) is 3.71. The normalized spacial score (nSPS) is 23.2. The van der Waals surface area contributed by atoms with Crippen LogP contribution in [0.15, 0.2) is 0 Å². The van der Waals surface area contributed by atoms with E-state index in [-0.39, 0.29) is 23.8 Å². The van der Waals surface area contributed by atoms with Crippen LogP contribution in [-0.2, 0) is 20.7 Å². The van der Waals surface area contributed by atoms with Gasteiger partial charge >= 0.3 is 0 Å². The molecule has 0 aliphatic carbocycles. The smallest absolute Gasteiger partial charge is 0.227 e. The zero-order valence-electron chi connectivity index (χ0n) is 15.4. The number of ether oxygens (including phenoxy) is 1. The molecule has 7 heteroatoms. The first-order chi connectivity index (χ1) is 12.0. The Morgan fingerprint density at radius 2 is 2.12 bits per heavy atom. The van der Waals surface area contributed by atoms with E-state index in [1.165, 1.54) is 0 Å². The molecule has 0 unspecified atom stereocenters. The van der Waals surface area contributed by atoms with Crippen LogP contribution in [0.1, 0.15) is 36.2 Å². The van der Waals surface area contributed by atoms with Gasteiger partial charge in [0.05, 0.1) is 18.2 Å². The molecule has 25 heavy (non-hydrogen) atoms. The van der Waals surface area contributed by atoms with Gasteiger partial charge in [-0.05, 0) is 32.3 Å².